The highest BCUT2D eigenvalue weighted by atomic mass is 35.5. The van der Waals surface area contributed by atoms with Crippen molar-refractivity contribution < 1.29 is 27.9 Å². The third-order valence-corrected chi connectivity index (χ3v) is 5.32. The molecule has 2 fully saturated rings. The summed E-state index contributed by atoms with van der Waals surface area (Å²) in [5.74, 6) is 0.310. The van der Waals surface area contributed by atoms with E-state index in [4.69, 9.17) is 22.0 Å². The largest absolute Gasteiger partial charge is 0.465 e. The molecular formula is C22H21ClF3N5O3. The number of aromatic nitrogens is 1. The molecule has 2 aliphatic carbocycles. The molecule has 2 aliphatic rings. The number of nitrogens with zero attached hydrogens (tertiary/aromatic N) is 2. The smallest absolute Gasteiger partial charge is 0.418 e. The van der Waals surface area contributed by atoms with E-state index in [2.05, 4.69) is 27.0 Å². The molecule has 1 heterocycles. The minimum absolute atomic E-state index is 0.00432. The normalized spacial score (nSPS) is 15.7. The van der Waals surface area contributed by atoms with E-state index >= 15 is 0 Å². The number of hydrogen-bond acceptors (Lipinski definition) is 5. The summed E-state index contributed by atoms with van der Waals surface area (Å²) < 4.78 is 39.0. The molecule has 2 aromatic rings. The average Bonchev–Trinajstić information content (AvgIpc) is 3.69. The molecule has 2 amide bonds. The number of nitrogens with one attached hydrogen (secondary N) is 3. The van der Waals surface area contributed by atoms with Crippen LogP contribution in [-0.2, 0) is 17.5 Å². The number of amides is 2. The van der Waals surface area contributed by atoms with Crippen LogP contribution in [0, 0.1) is 17.2 Å². The maximum atomic E-state index is 13.0. The van der Waals surface area contributed by atoms with Gasteiger partial charge in [-0.05, 0) is 56.0 Å². The molecule has 12 heteroatoms. The van der Waals surface area contributed by atoms with Gasteiger partial charge in [-0.2, -0.15) is 18.4 Å². The summed E-state index contributed by atoms with van der Waals surface area (Å²) in [6.07, 6.45) is -0.741. The van der Waals surface area contributed by atoms with Gasteiger partial charge in [0.2, 0.25) is 5.91 Å². The lowest BCUT2D eigenvalue weighted by Crippen LogP contribution is -2.36. The fourth-order valence-electron chi connectivity index (χ4n) is 2.86. The first-order valence-corrected chi connectivity index (χ1v) is 10.7. The summed E-state index contributed by atoms with van der Waals surface area (Å²) in [5, 5.41) is 24.6. The standard InChI is InChI=1S/C14H11ClF3N3O2.C8H10N2O/c15-8-1-4-12(11(5-8)14(16,17)18)21-10-3-2-9(19-7-10)6-20-13(22)23;9-5-8(3-4-8)10-7(11)6-1-2-6/h1-5,7,20-21H,6H2,(H,22,23);6H,1-4H2,(H,10,11). The van der Waals surface area contributed by atoms with Crippen molar-refractivity contribution in [3.63, 3.8) is 0 Å². The Kier molecular flexibility index (Phi) is 7.51. The van der Waals surface area contributed by atoms with Crippen molar-refractivity contribution in [2.45, 2.75) is 43.9 Å². The minimum atomic E-state index is -4.55. The highest BCUT2D eigenvalue weighted by molar-refractivity contribution is 6.30. The monoisotopic (exact) mass is 495 g/mol. The fourth-order valence-corrected chi connectivity index (χ4v) is 3.03. The van der Waals surface area contributed by atoms with Gasteiger partial charge in [-0.25, -0.2) is 4.79 Å². The lowest BCUT2D eigenvalue weighted by atomic mass is 10.1. The molecule has 8 nitrogen and oxygen atoms in total. The Morgan fingerprint density at radius 3 is 2.44 bits per heavy atom. The zero-order chi connectivity index (χ0) is 24.9. The molecule has 0 spiro atoms. The number of hydrogen-bond donors (Lipinski definition) is 4. The lowest BCUT2D eigenvalue weighted by molar-refractivity contribution is -0.137. The summed E-state index contributed by atoms with van der Waals surface area (Å²) in [4.78, 5) is 25.5. The van der Waals surface area contributed by atoms with Crippen LogP contribution in [0.2, 0.25) is 5.02 Å². The van der Waals surface area contributed by atoms with Gasteiger partial charge in [0.15, 0.2) is 0 Å². The van der Waals surface area contributed by atoms with Gasteiger partial charge in [-0.3, -0.25) is 9.78 Å². The first-order valence-electron chi connectivity index (χ1n) is 10.3. The number of halogens is 4. The average molecular weight is 496 g/mol. The lowest BCUT2D eigenvalue weighted by Gasteiger charge is -2.15. The number of alkyl halides is 3. The summed E-state index contributed by atoms with van der Waals surface area (Å²) >= 11 is 5.61. The second kappa shape index (κ2) is 10.2. The molecule has 0 unspecified atom stereocenters. The van der Waals surface area contributed by atoms with E-state index in [0.29, 0.717) is 11.4 Å². The SMILES string of the molecule is N#CC1(NC(=O)C2CC2)CC1.O=C(O)NCc1ccc(Nc2ccc(Cl)cc2C(F)(F)F)cn1. The summed E-state index contributed by atoms with van der Waals surface area (Å²) in [7, 11) is 0. The Morgan fingerprint density at radius 1 is 1.24 bits per heavy atom. The zero-order valence-electron chi connectivity index (χ0n) is 17.7. The second-order valence-electron chi connectivity index (χ2n) is 7.97. The van der Waals surface area contributed by atoms with Crippen LogP contribution in [0.25, 0.3) is 0 Å². The summed E-state index contributed by atoms with van der Waals surface area (Å²) in [6, 6.07) is 8.54. The third-order valence-electron chi connectivity index (χ3n) is 5.09. The summed E-state index contributed by atoms with van der Waals surface area (Å²) in [6.45, 7) is 0.00432. The van der Waals surface area contributed by atoms with Crippen molar-refractivity contribution in [3.8, 4) is 6.07 Å². The van der Waals surface area contributed by atoms with Crippen molar-refractivity contribution >= 4 is 35.0 Å². The number of pyridine rings is 1. The van der Waals surface area contributed by atoms with Gasteiger partial charge in [0.1, 0.15) is 5.54 Å². The Labute approximate surface area is 198 Å². The van der Waals surface area contributed by atoms with Gasteiger partial charge in [0.05, 0.1) is 41.4 Å². The number of benzene rings is 1. The van der Waals surface area contributed by atoms with E-state index < -0.39 is 23.4 Å². The Morgan fingerprint density at radius 2 is 1.94 bits per heavy atom. The van der Waals surface area contributed by atoms with Crippen molar-refractivity contribution in [2.75, 3.05) is 5.32 Å². The van der Waals surface area contributed by atoms with Crippen molar-refractivity contribution in [1.82, 2.24) is 15.6 Å². The minimum Gasteiger partial charge on any atom is -0.465 e. The molecule has 0 aliphatic heterocycles. The van der Waals surface area contributed by atoms with Crippen molar-refractivity contribution in [3.05, 3.63) is 52.8 Å². The Balaban J connectivity index is 0.000000243. The molecule has 0 saturated heterocycles. The predicted molar refractivity (Wildman–Crippen MR) is 117 cm³/mol. The van der Waals surface area contributed by atoms with Gasteiger partial charge in [-0.15, -0.1) is 0 Å². The van der Waals surface area contributed by atoms with Gasteiger partial charge >= 0.3 is 12.3 Å². The van der Waals surface area contributed by atoms with E-state index in [1.165, 1.54) is 30.5 Å². The van der Waals surface area contributed by atoms with Gasteiger partial charge < -0.3 is 21.1 Å². The molecule has 180 valence electrons. The van der Waals surface area contributed by atoms with Gasteiger partial charge in [0, 0.05) is 10.9 Å². The summed E-state index contributed by atoms with van der Waals surface area (Å²) in [5.41, 5.74) is -0.733. The quantitative estimate of drug-likeness (QED) is 0.454. The Bertz CT molecular complexity index is 1090. The first kappa shape index (κ1) is 25.1. The van der Waals surface area contributed by atoms with E-state index in [-0.39, 0.29) is 29.1 Å². The maximum Gasteiger partial charge on any atom is 0.418 e. The van der Waals surface area contributed by atoms with Crippen LogP contribution in [0.3, 0.4) is 0 Å². The second-order valence-corrected chi connectivity index (χ2v) is 8.40. The predicted octanol–water partition coefficient (Wildman–Crippen LogP) is 4.83. The van der Waals surface area contributed by atoms with Gasteiger partial charge in [0.25, 0.3) is 0 Å². The van der Waals surface area contributed by atoms with E-state index in [0.717, 1.165) is 31.7 Å². The number of anilines is 2. The number of carboxylic acid groups (broad SMARTS) is 1. The first-order chi connectivity index (χ1) is 16.0. The topological polar surface area (TPSA) is 127 Å². The maximum absolute atomic E-state index is 13.0. The Hall–Kier alpha value is -3.52. The van der Waals surface area contributed by atoms with Crippen molar-refractivity contribution in [2.24, 2.45) is 5.92 Å². The molecule has 1 aromatic carbocycles. The van der Waals surface area contributed by atoms with Crippen LogP contribution in [-0.4, -0.2) is 27.6 Å². The molecule has 2 saturated carbocycles. The van der Waals surface area contributed by atoms with E-state index in [1.54, 1.807) is 0 Å². The number of nitriles is 1. The van der Waals surface area contributed by atoms with Crippen LogP contribution < -0.4 is 16.0 Å². The molecular weight excluding hydrogens is 475 g/mol. The third kappa shape index (κ3) is 7.25. The zero-order valence-corrected chi connectivity index (χ0v) is 18.5. The number of rotatable bonds is 6. The van der Waals surface area contributed by atoms with Gasteiger partial charge in [-0.1, -0.05) is 11.6 Å². The molecule has 0 bridgehead atoms. The van der Waals surface area contributed by atoms with E-state index in [1.807, 2.05) is 0 Å². The highest BCUT2D eigenvalue weighted by Gasteiger charge is 2.46. The fraction of sp³-hybridized carbons (Fsp3) is 0.364. The number of carbonyl (C=O) groups excluding carboxylic acids is 1. The molecule has 1 aromatic heterocycles. The van der Waals surface area contributed by atoms with Crippen LogP contribution in [0.1, 0.15) is 36.9 Å². The number of carbonyl (C=O) groups is 2. The molecule has 0 radical (unpaired) electrons. The molecule has 4 N–H and O–H groups in total. The van der Waals surface area contributed by atoms with Crippen LogP contribution in [0.4, 0.5) is 29.3 Å². The van der Waals surface area contributed by atoms with Crippen LogP contribution in [0.5, 0.6) is 0 Å². The van der Waals surface area contributed by atoms with E-state index in [9.17, 15) is 22.8 Å². The molecule has 34 heavy (non-hydrogen) atoms. The van der Waals surface area contributed by atoms with Crippen LogP contribution in [0.15, 0.2) is 36.5 Å². The van der Waals surface area contributed by atoms with Crippen molar-refractivity contribution in [1.29, 1.82) is 5.26 Å². The van der Waals surface area contributed by atoms with Crippen LogP contribution >= 0.6 is 11.6 Å². The highest BCUT2D eigenvalue weighted by Crippen LogP contribution is 2.38. The molecule has 4 rings (SSSR count). The molecule has 0 atom stereocenters.